The van der Waals surface area contributed by atoms with Gasteiger partial charge in [0, 0.05) is 6.26 Å². The molecule has 1 unspecified atom stereocenters. The summed E-state index contributed by atoms with van der Waals surface area (Å²) in [6, 6.07) is -1.16. The monoisotopic (exact) mass is 320 g/mol. The zero-order valence-electron chi connectivity index (χ0n) is 12.5. The largest absolute Gasteiger partial charge is 0.480 e. The summed E-state index contributed by atoms with van der Waals surface area (Å²) >= 11 is 0. The average molecular weight is 320 g/mol. The number of piperidine rings is 1. The maximum Gasteiger partial charge on any atom is 0.326 e. The van der Waals surface area contributed by atoms with Crippen LogP contribution in [0.1, 0.15) is 26.2 Å². The number of carboxylic acids is 1. The third kappa shape index (κ3) is 7.42. The van der Waals surface area contributed by atoms with Crippen molar-refractivity contribution in [1.82, 2.24) is 10.2 Å². The Labute approximate surface area is 125 Å². The predicted molar refractivity (Wildman–Crippen MR) is 78.7 cm³/mol. The van der Waals surface area contributed by atoms with Crippen molar-refractivity contribution in [3.05, 3.63) is 0 Å². The maximum atomic E-state index is 11.9. The van der Waals surface area contributed by atoms with Gasteiger partial charge in [0.05, 0.1) is 12.3 Å². The lowest BCUT2D eigenvalue weighted by atomic mass is 9.99. The van der Waals surface area contributed by atoms with E-state index in [1.807, 2.05) is 4.90 Å². The van der Waals surface area contributed by atoms with Crippen molar-refractivity contribution in [2.24, 2.45) is 5.92 Å². The summed E-state index contributed by atoms with van der Waals surface area (Å²) < 4.78 is 22.2. The Morgan fingerprint density at radius 3 is 2.38 bits per heavy atom. The van der Waals surface area contributed by atoms with Crippen LogP contribution in [-0.4, -0.2) is 68.0 Å². The summed E-state index contributed by atoms with van der Waals surface area (Å²) in [6.45, 7) is 3.99. The Bertz CT molecular complexity index is 469. The Balaban J connectivity index is 2.43. The molecule has 7 nitrogen and oxygen atoms in total. The van der Waals surface area contributed by atoms with Crippen LogP contribution >= 0.6 is 0 Å². The normalized spacial score (nSPS) is 19.1. The van der Waals surface area contributed by atoms with Gasteiger partial charge in [0.1, 0.15) is 15.9 Å². The van der Waals surface area contributed by atoms with Gasteiger partial charge in [-0.1, -0.05) is 6.92 Å². The fraction of sp³-hybridized carbons (Fsp3) is 0.846. The number of carbonyl (C=O) groups is 2. The number of likely N-dealkylation sites (tertiary alicyclic amines) is 1. The standard InChI is InChI=1S/C13H24N2O5S/c1-10-3-6-15(7-4-10)9-12(16)14-11(13(17)18)5-8-21(2,19)20/h10-11H,3-9H2,1-2H3,(H,14,16)(H,17,18). The van der Waals surface area contributed by atoms with Crippen LogP contribution in [0.5, 0.6) is 0 Å². The van der Waals surface area contributed by atoms with Gasteiger partial charge in [0.15, 0.2) is 0 Å². The second-order valence-corrected chi connectivity index (χ2v) is 8.10. The zero-order valence-corrected chi connectivity index (χ0v) is 13.4. The van der Waals surface area contributed by atoms with Crippen molar-refractivity contribution in [3.63, 3.8) is 0 Å². The fourth-order valence-electron chi connectivity index (χ4n) is 2.25. The third-order valence-electron chi connectivity index (χ3n) is 3.65. The fourth-order valence-corrected chi connectivity index (χ4v) is 2.92. The van der Waals surface area contributed by atoms with Crippen LogP contribution < -0.4 is 5.32 Å². The van der Waals surface area contributed by atoms with E-state index in [1.165, 1.54) is 0 Å². The Kier molecular flexibility index (Phi) is 6.60. The molecule has 0 radical (unpaired) electrons. The minimum Gasteiger partial charge on any atom is -0.480 e. The number of nitrogens with one attached hydrogen (secondary N) is 1. The molecule has 0 spiro atoms. The van der Waals surface area contributed by atoms with Crippen molar-refractivity contribution in [2.75, 3.05) is 31.6 Å². The summed E-state index contributed by atoms with van der Waals surface area (Å²) in [5.74, 6) is -1.18. The van der Waals surface area contributed by atoms with Gasteiger partial charge < -0.3 is 10.4 Å². The zero-order chi connectivity index (χ0) is 16.0. The average Bonchev–Trinajstić information content (AvgIpc) is 2.36. The van der Waals surface area contributed by atoms with Crippen LogP contribution in [0.4, 0.5) is 0 Å². The number of hydrogen-bond donors (Lipinski definition) is 2. The van der Waals surface area contributed by atoms with E-state index in [4.69, 9.17) is 5.11 Å². The highest BCUT2D eigenvalue weighted by Gasteiger charge is 2.23. The molecule has 8 heteroatoms. The molecular formula is C13H24N2O5S. The summed E-state index contributed by atoms with van der Waals surface area (Å²) in [6.07, 6.45) is 2.99. The van der Waals surface area contributed by atoms with E-state index < -0.39 is 21.8 Å². The molecule has 0 bridgehead atoms. The van der Waals surface area contributed by atoms with Gasteiger partial charge in [0.25, 0.3) is 0 Å². The molecular weight excluding hydrogens is 296 g/mol. The van der Waals surface area contributed by atoms with Crippen LogP contribution in [0, 0.1) is 5.92 Å². The van der Waals surface area contributed by atoms with Crippen molar-refractivity contribution in [2.45, 2.75) is 32.2 Å². The first-order valence-electron chi connectivity index (χ1n) is 7.09. The van der Waals surface area contributed by atoms with E-state index in [-0.39, 0.29) is 24.6 Å². The molecule has 21 heavy (non-hydrogen) atoms. The molecule has 1 saturated heterocycles. The number of amides is 1. The highest BCUT2D eigenvalue weighted by Crippen LogP contribution is 2.15. The number of hydrogen-bond acceptors (Lipinski definition) is 5. The molecule has 1 aliphatic heterocycles. The van der Waals surface area contributed by atoms with Gasteiger partial charge in [-0.05, 0) is 38.3 Å². The lowest BCUT2D eigenvalue weighted by Gasteiger charge is -2.29. The van der Waals surface area contributed by atoms with Gasteiger partial charge >= 0.3 is 5.97 Å². The summed E-state index contributed by atoms with van der Waals surface area (Å²) in [7, 11) is -3.25. The molecule has 1 aliphatic rings. The first-order valence-corrected chi connectivity index (χ1v) is 9.15. The Morgan fingerprint density at radius 1 is 1.33 bits per heavy atom. The first-order chi connectivity index (χ1) is 9.67. The number of carbonyl (C=O) groups excluding carboxylic acids is 1. The number of rotatable bonds is 7. The molecule has 1 heterocycles. The summed E-state index contributed by atoms with van der Waals surface area (Å²) in [5, 5.41) is 11.4. The smallest absolute Gasteiger partial charge is 0.326 e. The quantitative estimate of drug-likeness (QED) is 0.669. The lowest BCUT2D eigenvalue weighted by molar-refractivity contribution is -0.142. The van der Waals surface area contributed by atoms with Gasteiger partial charge in [-0.2, -0.15) is 0 Å². The molecule has 1 rings (SSSR count). The van der Waals surface area contributed by atoms with Crippen molar-refractivity contribution >= 4 is 21.7 Å². The Hall–Kier alpha value is -1.15. The van der Waals surface area contributed by atoms with Crippen LogP contribution in [0.3, 0.4) is 0 Å². The molecule has 122 valence electrons. The van der Waals surface area contributed by atoms with E-state index in [1.54, 1.807) is 0 Å². The molecule has 0 saturated carbocycles. The van der Waals surface area contributed by atoms with Crippen molar-refractivity contribution < 1.29 is 23.1 Å². The third-order valence-corrected chi connectivity index (χ3v) is 4.63. The Morgan fingerprint density at radius 2 is 1.90 bits per heavy atom. The van der Waals surface area contributed by atoms with Crippen molar-refractivity contribution in [1.29, 1.82) is 0 Å². The van der Waals surface area contributed by atoms with Crippen LogP contribution in [0.15, 0.2) is 0 Å². The van der Waals surface area contributed by atoms with E-state index >= 15 is 0 Å². The maximum absolute atomic E-state index is 11.9. The highest BCUT2D eigenvalue weighted by molar-refractivity contribution is 7.90. The second-order valence-electron chi connectivity index (χ2n) is 5.84. The number of aliphatic carboxylic acids is 1. The molecule has 0 aliphatic carbocycles. The lowest BCUT2D eigenvalue weighted by Crippen LogP contribution is -2.47. The SMILES string of the molecule is CC1CCN(CC(=O)NC(CCS(C)(=O)=O)C(=O)O)CC1. The molecule has 0 aromatic rings. The van der Waals surface area contributed by atoms with Gasteiger partial charge in [-0.15, -0.1) is 0 Å². The molecule has 0 aromatic carbocycles. The summed E-state index contributed by atoms with van der Waals surface area (Å²) in [5.41, 5.74) is 0. The minimum absolute atomic E-state index is 0.114. The van der Waals surface area contributed by atoms with E-state index in [2.05, 4.69) is 12.2 Å². The molecule has 1 fully saturated rings. The molecule has 0 aromatic heterocycles. The number of nitrogens with zero attached hydrogens (tertiary/aromatic N) is 1. The summed E-state index contributed by atoms with van der Waals surface area (Å²) in [4.78, 5) is 24.9. The highest BCUT2D eigenvalue weighted by atomic mass is 32.2. The van der Waals surface area contributed by atoms with E-state index in [0.29, 0.717) is 5.92 Å². The molecule has 1 amide bonds. The van der Waals surface area contributed by atoms with Crippen LogP contribution in [-0.2, 0) is 19.4 Å². The minimum atomic E-state index is -3.25. The van der Waals surface area contributed by atoms with E-state index in [0.717, 1.165) is 32.2 Å². The van der Waals surface area contributed by atoms with Gasteiger partial charge in [-0.3, -0.25) is 9.69 Å². The number of carboxylic acid groups (broad SMARTS) is 1. The predicted octanol–water partition coefficient (Wildman–Crippen LogP) is -0.278. The van der Waals surface area contributed by atoms with Crippen LogP contribution in [0.25, 0.3) is 0 Å². The topological polar surface area (TPSA) is 104 Å². The van der Waals surface area contributed by atoms with Crippen LogP contribution in [0.2, 0.25) is 0 Å². The molecule has 1 atom stereocenters. The van der Waals surface area contributed by atoms with E-state index in [9.17, 15) is 18.0 Å². The van der Waals surface area contributed by atoms with Gasteiger partial charge in [0.2, 0.25) is 5.91 Å². The number of sulfone groups is 1. The van der Waals surface area contributed by atoms with Crippen molar-refractivity contribution in [3.8, 4) is 0 Å². The second kappa shape index (κ2) is 7.74. The van der Waals surface area contributed by atoms with Gasteiger partial charge in [-0.25, -0.2) is 13.2 Å². The molecule has 2 N–H and O–H groups in total. The first kappa shape index (κ1) is 17.9.